The summed E-state index contributed by atoms with van der Waals surface area (Å²) in [7, 11) is 3.16. The molecule has 0 bridgehead atoms. The van der Waals surface area contributed by atoms with Gasteiger partial charge in [-0.1, -0.05) is 40.2 Å². The summed E-state index contributed by atoms with van der Waals surface area (Å²) in [6.07, 6.45) is 1.50. The summed E-state index contributed by atoms with van der Waals surface area (Å²) < 4.78 is 4.96. The van der Waals surface area contributed by atoms with E-state index >= 15 is 0 Å². The van der Waals surface area contributed by atoms with E-state index < -0.39 is 12.0 Å². The van der Waals surface area contributed by atoms with Crippen LogP contribution in [0.1, 0.15) is 46.6 Å². The molecule has 2 aromatic carbocycles. The summed E-state index contributed by atoms with van der Waals surface area (Å²) in [6.45, 7) is 9.73. The molecule has 0 aliphatic rings. The Labute approximate surface area is 191 Å². The molecule has 0 aromatic heterocycles. The highest BCUT2D eigenvalue weighted by Gasteiger charge is 2.15. The lowest BCUT2D eigenvalue weighted by molar-refractivity contribution is -0.139. The number of nitrogens with one attached hydrogen (secondary N) is 2. The molecule has 0 aliphatic heterocycles. The Kier molecular flexibility index (Phi) is 17.9. The van der Waals surface area contributed by atoms with Gasteiger partial charge in [-0.25, -0.2) is 0 Å². The van der Waals surface area contributed by atoms with Gasteiger partial charge in [0.15, 0.2) is 11.5 Å². The first-order valence-corrected chi connectivity index (χ1v) is 10.5. The third-order valence-electron chi connectivity index (χ3n) is 3.54. The fourth-order valence-corrected chi connectivity index (χ4v) is 2.12. The molecule has 0 heterocycles. The van der Waals surface area contributed by atoms with Crippen LogP contribution in [0.5, 0.6) is 17.2 Å². The zero-order valence-electron chi connectivity index (χ0n) is 20.1. The Bertz CT molecular complexity index is 779. The third-order valence-corrected chi connectivity index (χ3v) is 3.54. The fraction of sp³-hybridized carbons (Fsp3) is 0.417. The van der Waals surface area contributed by atoms with Crippen LogP contribution in [-0.4, -0.2) is 47.4 Å². The second kappa shape index (κ2) is 18.5. The van der Waals surface area contributed by atoms with Crippen molar-refractivity contribution in [3.63, 3.8) is 0 Å². The van der Waals surface area contributed by atoms with Crippen LogP contribution in [0, 0.1) is 0 Å². The maximum absolute atomic E-state index is 10.7. The molecule has 8 heteroatoms. The third kappa shape index (κ3) is 13.9. The lowest BCUT2D eigenvalue weighted by Crippen LogP contribution is -2.35. The van der Waals surface area contributed by atoms with Gasteiger partial charge in [0, 0.05) is 12.6 Å². The quantitative estimate of drug-likeness (QED) is 0.412. The SMILES string of the molecule is CC.CCC.CN[C@@H](Cc1ccc(O)c(O)c1)C(=O)O.COc1ccc(NC(C)=O)cc1. The Morgan fingerprint density at radius 2 is 1.53 bits per heavy atom. The van der Waals surface area contributed by atoms with Crippen LogP contribution in [0.2, 0.25) is 0 Å². The van der Waals surface area contributed by atoms with Gasteiger partial charge < -0.3 is 30.7 Å². The van der Waals surface area contributed by atoms with Crippen molar-refractivity contribution in [1.82, 2.24) is 5.32 Å². The molecule has 2 aromatic rings. The summed E-state index contributed by atoms with van der Waals surface area (Å²) in [4.78, 5) is 21.3. The van der Waals surface area contributed by atoms with Gasteiger partial charge in [-0.2, -0.15) is 0 Å². The van der Waals surface area contributed by atoms with E-state index in [9.17, 15) is 14.7 Å². The maximum Gasteiger partial charge on any atom is 0.321 e. The number of amides is 1. The Balaban J connectivity index is 0. The van der Waals surface area contributed by atoms with E-state index in [0.29, 0.717) is 5.56 Å². The molecule has 0 spiro atoms. The van der Waals surface area contributed by atoms with E-state index in [4.69, 9.17) is 14.9 Å². The van der Waals surface area contributed by atoms with E-state index in [1.807, 2.05) is 13.8 Å². The van der Waals surface area contributed by atoms with Gasteiger partial charge >= 0.3 is 5.97 Å². The number of carbonyl (C=O) groups excluding carboxylic acids is 1. The minimum atomic E-state index is -0.954. The van der Waals surface area contributed by atoms with E-state index in [2.05, 4.69) is 24.5 Å². The number of carbonyl (C=O) groups is 2. The fourth-order valence-electron chi connectivity index (χ4n) is 2.12. The molecule has 0 fully saturated rings. The molecular formula is C24H38N2O6. The molecule has 2 rings (SSSR count). The zero-order chi connectivity index (χ0) is 25.1. The molecule has 0 radical (unpaired) electrons. The van der Waals surface area contributed by atoms with E-state index in [-0.39, 0.29) is 23.8 Å². The minimum absolute atomic E-state index is 0.0693. The van der Waals surface area contributed by atoms with Crippen molar-refractivity contribution in [3.05, 3.63) is 48.0 Å². The summed E-state index contributed by atoms with van der Waals surface area (Å²) in [5.74, 6) is -0.697. The average Bonchev–Trinajstić information content (AvgIpc) is 2.77. The Morgan fingerprint density at radius 1 is 1.00 bits per heavy atom. The van der Waals surface area contributed by atoms with Crippen molar-refractivity contribution >= 4 is 17.6 Å². The van der Waals surface area contributed by atoms with Crippen molar-refractivity contribution in [2.45, 2.75) is 53.5 Å². The van der Waals surface area contributed by atoms with Crippen LogP contribution in [0.4, 0.5) is 5.69 Å². The molecule has 0 saturated heterocycles. The highest BCUT2D eigenvalue weighted by Crippen LogP contribution is 2.25. The molecule has 0 unspecified atom stereocenters. The van der Waals surface area contributed by atoms with Crippen LogP contribution in [-0.2, 0) is 16.0 Å². The minimum Gasteiger partial charge on any atom is -0.504 e. The smallest absolute Gasteiger partial charge is 0.321 e. The second-order valence-corrected chi connectivity index (χ2v) is 6.32. The van der Waals surface area contributed by atoms with Crippen LogP contribution in [0.3, 0.4) is 0 Å². The van der Waals surface area contributed by atoms with Gasteiger partial charge in [0.1, 0.15) is 11.8 Å². The van der Waals surface area contributed by atoms with Gasteiger partial charge in [0.25, 0.3) is 0 Å². The van der Waals surface area contributed by atoms with Crippen molar-refractivity contribution < 1.29 is 29.6 Å². The Morgan fingerprint density at radius 3 is 1.91 bits per heavy atom. The second-order valence-electron chi connectivity index (χ2n) is 6.32. The summed E-state index contributed by atoms with van der Waals surface area (Å²) >= 11 is 0. The number of aromatic hydroxyl groups is 2. The molecule has 32 heavy (non-hydrogen) atoms. The molecular weight excluding hydrogens is 412 g/mol. The maximum atomic E-state index is 10.7. The standard InChI is InChI=1S/C10H13NO4.C9H11NO2.C3H8.C2H6/c1-11-7(10(14)15)4-6-2-3-8(12)9(13)5-6;1-7(11)10-8-3-5-9(12-2)6-4-8;1-3-2;1-2/h2-3,5,7,11-13H,4H2,1H3,(H,14,15);3-6H,1-2H3,(H,10,11);3H2,1-2H3;1-2H3/t7-;;;/m0.../s1. The Hall–Kier alpha value is -3.26. The number of phenolic OH excluding ortho intramolecular Hbond substituents is 2. The van der Waals surface area contributed by atoms with Crippen LogP contribution in [0.15, 0.2) is 42.5 Å². The highest BCUT2D eigenvalue weighted by atomic mass is 16.5. The van der Waals surface area contributed by atoms with Crippen LogP contribution in [0.25, 0.3) is 0 Å². The zero-order valence-corrected chi connectivity index (χ0v) is 20.1. The lowest BCUT2D eigenvalue weighted by atomic mass is 10.1. The number of hydrogen-bond acceptors (Lipinski definition) is 6. The number of benzene rings is 2. The number of aliphatic carboxylic acids is 1. The summed E-state index contributed by atoms with van der Waals surface area (Å²) in [6, 6.07) is 10.7. The lowest BCUT2D eigenvalue weighted by Gasteiger charge is -2.11. The molecule has 8 nitrogen and oxygen atoms in total. The summed E-state index contributed by atoms with van der Waals surface area (Å²) in [5.41, 5.74) is 1.43. The van der Waals surface area contributed by atoms with Gasteiger partial charge in [0.05, 0.1) is 7.11 Å². The molecule has 5 N–H and O–H groups in total. The highest BCUT2D eigenvalue weighted by molar-refractivity contribution is 5.88. The molecule has 1 atom stereocenters. The van der Waals surface area contributed by atoms with Crippen molar-refractivity contribution in [2.24, 2.45) is 0 Å². The molecule has 1 amide bonds. The number of phenols is 2. The van der Waals surface area contributed by atoms with E-state index in [1.165, 1.54) is 25.5 Å². The molecule has 0 aliphatic carbocycles. The number of carboxylic acid groups (broad SMARTS) is 1. The van der Waals surface area contributed by atoms with Crippen molar-refractivity contribution in [2.75, 3.05) is 19.5 Å². The largest absolute Gasteiger partial charge is 0.504 e. The first kappa shape index (κ1) is 30.9. The van der Waals surface area contributed by atoms with Crippen LogP contribution >= 0.6 is 0 Å². The molecule has 0 saturated carbocycles. The number of hydrogen-bond donors (Lipinski definition) is 5. The van der Waals surface area contributed by atoms with Crippen molar-refractivity contribution in [3.8, 4) is 17.2 Å². The number of anilines is 1. The van der Waals surface area contributed by atoms with Gasteiger partial charge in [-0.05, 0) is 55.4 Å². The normalized spacial score (nSPS) is 9.97. The first-order chi connectivity index (χ1) is 15.2. The predicted molar refractivity (Wildman–Crippen MR) is 129 cm³/mol. The number of methoxy groups -OCH3 is 1. The number of rotatable bonds is 6. The van der Waals surface area contributed by atoms with E-state index in [0.717, 1.165) is 11.4 Å². The first-order valence-electron chi connectivity index (χ1n) is 10.5. The van der Waals surface area contributed by atoms with Crippen molar-refractivity contribution in [1.29, 1.82) is 0 Å². The van der Waals surface area contributed by atoms with E-state index in [1.54, 1.807) is 44.5 Å². The van der Waals surface area contributed by atoms with Gasteiger partial charge in [-0.15, -0.1) is 0 Å². The van der Waals surface area contributed by atoms with Gasteiger partial charge in [-0.3, -0.25) is 9.59 Å². The van der Waals surface area contributed by atoms with Crippen LogP contribution < -0.4 is 15.4 Å². The topological polar surface area (TPSA) is 128 Å². The predicted octanol–water partition coefficient (Wildman–Crippen LogP) is 4.41. The molecule has 180 valence electrons. The summed E-state index contributed by atoms with van der Waals surface area (Å²) in [5, 5.41) is 32.4. The number of ether oxygens (including phenoxy) is 1. The van der Waals surface area contributed by atoms with Gasteiger partial charge in [0.2, 0.25) is 5.91 Å². The average molecular weight is 451 g/mol. The number of likely N-dealkylation sites (N-methyl/N-ethyl adjacent to an activating group) is 1. The monoisotopic (exact) mass is 450 g/mol. The number of carboxylic acids is 1.